The van der Waals surface area contributed by atoms with Gasteiger partial charge in [-0.15, -0.1) is 0 Å². The van der Waals surface area contributed by atoms with Crippen LogP contribution < -0.4 is 5.32 Å². The zero-order valence-electron chi connectivity index (χ0n) is 10.2. The molecule has 0 aliphatic carbocycles. The van der Waals surface area contributed by atoms with Gasteiger partial charge in [0.1, 0.15) is 5.82 Å². The lowest BCUT2D eigenvalue weighted by atomic mass is 10.2. The smallest absolute Gasteiger partial charge is 0.161 e. The second-order valence-corrected chi connectivity index (χ2v) is 5.99. The summed E-state index contributed by atoms with van der Waals surface area (Å²) in [5.41, 5.74) is 3.19. The summed E-state index contributed by atoms with van der Waals surface area (Å²) in [7, 11) is 1.88. The largest absolute Gasteiger partial charge is 0.373 e. The van der Waals surface area contributed by atoms with E-state index in [-0.39, 0.29) is 0 Å². The number of nitrogens with one attached hydrogen (secondary N) is 1. The lowest BCUT2D eigenvalue weighted by molar-refractivity contribution is 1.07. The molecule has 0 radical (unpaired) electrons. The predicted octanol–water partition coefficient (Wildman–Crippen LogP) is 4.24. The third-order valence-corrected chi connectivity index (χ3v) is 4.70. The van der Waals surface area contributed by atoms with Gasteiger partial charge >= 0.3 is 0 Å². The van der Waals surface area contributed by atoms with Crippen molar-refractivity contribution in [1.29, 1.82) is 0 Å². The van der Waals surface area contributed by atoms with Crippen LogP contribution in [0, 0.1) is 0 Å². The third kappa shape index (κ3) is 2.40. The molecule has 0 saturated carbocycles. The summed E-state index contributed by atoms with van der Waals surface area (Å²) in [5, 5.41) is 4.20. The number of aromatic nitrogens is 2. The number of halogens is 2. The average Bonchev–Trinajstić information content (AvgIpc) is 2.89. The summed E-state index contributed by atoms with van der Waals surface area (Å²) >= 11 is 13.8. The molecule has 1 aromatic heterocycles. The van der Waals surface area contributed by atoms with Crippen molar-refractivity contribution in [2.75, 3.05) is 12.4 Å². The van der Waals surface area contributed by atoms with Crippen LogP contribution in [-0.2, 0) is 11.5 Å². The molecular formula is C13H11Cl2N3S. The Labute approximate surface area is 125 Å². The minimum absolute atomic E-state index is 0.517. The minimum atomic E-state index is 0.517. The number of nitrogens with zero attached hydrogens (tertiary/aromatic N) is 2. The molecule has 6 heteroatoms. The molecule has 2 aromatic rings. The molecular weight excluding hydrogens is 301 g/mol. The first-order chi connectivity index (χ1) is 9.19. The summed E-state index contributed by atoms with van der Waals surface area (Å²) in [5.74, 6) is 3.48. The number of rotatable bonds is 2. The zero-order valence-corrected chi connectivity index (χ0v) is 12.5. The SMILES string of the molecule is CNc1nc(-c2ccc(Cl)c(Cl)c2)nc2c1CSC2. The van der Waals surface area contributed by atoms with Gasteiger partial charge in [0.2, 0.25) is 0 Å². The van der Waals surface area contributed by atoms with Crippen LogP contribution in [0.15, 0.2) is 18.2 Å². The first-order valence-electron chi connectivity index (χ1n) is 5.79. The lowest BCUT2D eigenvalue weighted by Gasteiger charge is -2.09. The van der Waals surface area contributed by atoms with E-state index in [1.165, 1.54) is 5.56 Å². The Morgan fingerprint density at radius 3 is 2.74 bits per heavy atom. The number of anilines is 1. The second kappa shape index (κ2) is 5.19. The van der Waals surface area contributed by atoms with Gasteiger partial charge in [0.25, 0.3) is 0 Å². The van der Waals surface area contributed by atoms with Crippen LogP contribution in [0.1, 0.15) is 11.3 Å². The molecule has 2 heterocycles. The van der Waals surface area contributed by atoms with Gasteiger partial charge in [-0.3, -0.25) is 0 Å². The van der Waals surface area contributed by atoms with Crippen LogP contribution in [0.4, 0.5) is 5.82 Å². The van der Waals surface area contributed by atoms with Crippen molar-refractivity contribution in [2.45, 2.75) is 11.5 Å². The van der Waals surface area contributed by atoms with Gasteiger partial charge in [0.05, 0.1) is 15.7 Å². The van der Waals surface area contributed by atoms with Crippen LogP contribution in [0.5, 0.6) is 0 Å². The third-order valence-electron chi connectivity index (χ3n) is 2.99. The summed E-state index contributed by atoms with van der Waals surface area (Å²) in [6.07, 6.45) is 0. The highest BCUT2D eigenvalue weighted by atomic mass is 35.5. The van der Waals surface area contributed by atoms with E-state index >= 15 is 0 Å². The highest BCUT2D eigenvalue weighted by Crippen LogP contribution is 2.35. The van der Waals surface area contributed by atoms with Crippen LogP contribution >= 0.6 is 35.0 Å². The molecule has 0 amide bonds. The van der Waals surface area contributed by atoms with Gasteiger partial charge in [-0.05, 0) is 18.2 Å². The molecule has 1 aliphatic rings. The van der Waals surface area contributed by atoms with Gasteiger partial charge in [-0.25, -0.2) is 9.97 Å². The molecule has 3 nitrogen and oxygen atoms in total. The minimum Gasteiger partial charge on any atom is -0.373 e. The summed E-state index contributed by atoms with van der Waals surface area (Å²) in [4.78, 5) is 9.20. The Morgan fingerprint density at radius 2 is 2.00 bits per heavy atom. The Kier molecular flexibility index (Phi) is 3.56. The summed E-state index contributed by atoms with van der Waals surface area (Å²) in [6.45, 7) is 0. The van der Waals surface area contributed by atoms with Gasteiger partial charge in [-0.1, -0.05) is 23.2 Å². The van der Waals surface area contributed by atoms with Crippen LogP contribution in [0.25, 0.3) is 11.4 Å². The molecule has 0 saturated heterocycles. The Morgan fingerprint density at radius 1 is 1.16 bits per heavy atom. The van der Waals surface area contributed by atoms with Crippen molar-refractivity contribution in [3.8, 4) is 11.4 Å². The second-order valence-electron chi connectivity index (χ2n) is 4.19. The molecule has 1 aromatic carbocycles. The normalized spacial score (nSPS) is 13.4. The Hall–Kier alpha value is -0.970. The van der Waals surface area contributed by atoms with Gasteiger partial charge < -0.3 is 5.32 Å². The lowest BCUT2D eigenvalue weighted by Crippen LogP contribution is -2.03. The fourth-order valence-electron chi connectivity index (χ4n) is 2.02. The molecule has 0 atom stereocenters. The number of benzene rings is 1. The van der Waals surface area contributed by atoms with Crippen LogP contribution in [0.3, 0.4) is 0 Å². The Bertz CT molecular complexity index is 646. The standard InChI is InChI=1S/C13H11Cl2N3S/c1-16-13-8-5-19-6-11(8)17-12(18-13)7-2-3-9(14)10(15)4-7/h2-4H,5-6H2,1H3,(H,16,17,18). The van der Waals surface area contributed by atoms with E-state index < -0.39 is 0 Å². The quantitative estimate of drug-likeness (QED) is 0.900. The van der Waals surface area contributed by atoms with Crippen molar-refractivity contribution >= 4 is 40.8 Å². The molecule has 1 N–H and O–H groups in total. The topological polar surface area (TPSA) is 37.8 Å². The molecule has 0 bridgehead atoms. The van der Waals surface area contributed by atoms with E-state index in [2.05, 4.69) is 15.3 Å². The summed E-state index contributed by atoms with van der Waals surface area (Å²) in [6, 6.07) is 5.45. The molecule has 98 valence electrons. The number of hydrogen-bond donors (Lipinski definition) is 1. The van der Waals surface area contributed by atoms with Crippen LogP contribution in [-0.4, -0.2) is 17.0 Å². The molecule has 0 spiro atoms. The van der Waals surface area contributed by atoms with Gasteiger partial charge in [0.15, 0.2) is 5.82 Å². The highest BCUT2D eigenvalue weighted by Gasteiger charge is 2.19. The summed E-state index contributed by atoms with van der Waals surface area (Å²) < 4.78 is 0. The monoisotopic (exact) mass is 311 g/mol. The maximum atomic E-state index is 6.05. The maximum absolute atomic E-state index is 6.05. The fraction of sp³-hybridized carbons (Fsp3) is 0.231. The van der Waals surface area contributed by atoms with Gasteiger partial charge in [0, 0.05) is 29.7 Å². The Balaban J connectivity index is 2.12. The van der Waals surface area contributed by atoms with E-state index in [9.17, 15) is 0 Å². The van der Waals surface area contributed by atoms with Crippen molar-refractivity contribution in [1.82, 2.24) is 9.97 Å². The van der Waals surface area contributed by atoms with Crippen molar-refractivity contribution in [3.05, 3.63) is 39.5 Å². The fourth-order valence-corrected chi connectivity index (χ4v) is 3.36. The number of hydrogen-bond acceptors (Lipinski definition) is 4. The first-order valence-corrected chi connectivity index (χ1v) is 7.71. The number of fused-ring (bicyclic) bond motifs is 1. The van der Waals surface area contributed by atoms with Crippen molar-refractivity contribution in [2.24, 2.45) is 0 Å². The van der Waals surface area contributed by atoms with E-state index in [0.29, 0.717) is 15.9 Å². The first kappa shape index (κ1) is 13.0. The molecule has 1 aliphatic heterocycles. The highest BCUT2D eigenvalue weighted by molar-refractivity contribution is 7.98. The average molecular weight is 312 g/mol. The molecule has 0 unspecified atom stereocenters. The predicted molar refractivity (Wildman–Crippen MR) is 82.0 cm³/mol. The van der Waals surface area contributed by atoms with E-state index in [0.717, 1.165) is 28.6 Å². The molecule has 3 rings (SSSR count). The van der Waals surface area contributed by atoms with Gasteiger partial charge in [-0.2, -0.15) is 11.8 Å². The van der Waals surface area contributed by atoms with Crippen LogP contribution in [0.2, 0.25) is 10.0 Å². The molecule has 0 fully saturated rings. The zero-order chi connectivity index (χ0) is 13.4. The van der Waals surface area contributed by atoms with E-state index in [1.54, 1.807) is 12.1 Å². The molecule has 19 heavy (non-hydrogen) atoms. The maximum Gasteiger partial charge on any atom is 0.161 e. The number of thioether (sulfide) groups is 1. The van der Waals surface area contributed by atoms with E-state index in [1.807, 2.05) is 24.9 Å². The van der Waals surface area contributed by atoms with Crippen molar-refractivity contribution in [3.63, 3.8) is 0 Å². The van der Waals surface area contributed by atoms with Crippen molar-refractivity contribution < 1.29 is 0 Å². The van der Waals surface area contributed by atoms with E-state index in [4.69, 9.17) is 23.2 Å².